The summed E-state index contributed by atoms with van der Waals surface area (Å²) >= 11 is 0. The Balaban J connectivity index is 2.69. The summed E-state index contributed by atoms with van der Waals surface area (Å²) in [6, 6.07) is 7.29. The number of rotatable bonds is 4. The lowest BCUT2D eigenvalue weighted by molar-refractivity contribution is 0.242. The van der Waals surface area contributed by atoms with Gasteiger partial charge in [0.25, 0.3) is 0 Å². The molecule has 0 aliphatic carbocycles. The molecule has 1 aromatic rings. The summed E-state index contributed by atoms with van der Waals surface area (Å²) in [6.07, 6.45) is 0. The van der Waals surface area contributed by atoms with E-state index in [2.05, 4.69) is 5.32 Å². The third-order valence-corrected chi connectivity index (χ3v) is 2.21. The Morgan fingerprint density at radius 3 is 2.50 bits per heavy atom. The summed E-state index contributed by atoms with van der Waals surface area (Å²) in [4.78, 5) is 0. The minimum atomic E-state index is 0.0320. The zero-order valence-electron chi connectivity index (χ0n) is 8.57. The third-order valence-electron chi connectivity index (χ3n) is 2.21. The number of hydrogen-bond acceptors (Lipinski definition) is 3. The molecule has 0 fully saturated rings. The summed E-state index contributed by atoms with van der Waals surface area (Å²) in [5.74, 6) is 0.289. The van der Waals surface area contributed by atoms with E-state index in [1.165, 1.54) is 0 Å². The highest BCUT2D eigenvalue weighted by Crippen LogP contribution is 2.23. The van der Waals surface area contributed by atoms with Crippen molar-refractivity contribution in [3.05, 3.63) is 29.8 Å². The van der Waals surface area contributed by atoms with Gasteiger partial charge in [-0.3, -0.25) is 0 Å². The second kappa shape index (κ2) is 4.98. The van der Waals surface area contributed by atoms with E-state index in [4.69, 9.17) is 5.11 Å². The normalized spacial score (nSPS) is 15.1. The van der Waals surface area contributed by atoms with Gasteiger partial charge in [-0.15, -0.1) is 0 Å². The van der Waals surface area contributed by atoms with Crippen LogP contribution in [0.1, 0.15) is 25.5 Å². The van der Waals surface area contributed by atoms with Crippen LogP contribution in [-0.2, 0) is 0 Å². The fraction of sp³-hybridized carbons (Fsp3) is 0.455. The predicted molar refractivity (Wildman–Crippen MR) is 56.2 cm³/mol. The highest BCUT2D eigenvalue weighted by Gasteiger charge is 2.11. The molecule has 0 radical (unpaired) electrons. The van der Waals surface area contributed by atoms with Gasteiger partial charge in [0.1, 0.15) is 5.75 Å². The highest BCUT2D eigenvalue weighted by atomic mass is 16.3. The van der Waals surface area contributed by atoms with E-state index in [-0.39, 0.29) is 24.4 Å². The minimum absolute atomic E-state index is 0.0320. The molecule has 1 rings (SSSR count). The minimum Gasteiger partial charge on any atom is -0.508 e. The van der Waals surface area contributed by atoms with E-state index < -0.39 is 0 Å². The number of aliphatic hydroxyl groups excluding tert-OH is 1. The van der Waals surface area contributed by atoms with Gasteiger partial charge in [0.15, 0.2) is 0 Å². The smallest absolute Gasteiger partial charge is 0.120 e. The van der Waals surface area contributed by atoms with Crippen molar-refractivity contribution in [2.75, 3.05) is 6.61 Å². The van der Waals surface area contributed by atoms with E-state index in [0.29, 0.717) is 0 Å². The van der Waals surface area contributed by atoms with Gasteiger partial charge >= 0.3 is 0 Å². The summed E-state index contributed by atoms with van der Waals surface area (Å²) in [6.45, 7) is 3.95. The van der Waals surface area contributed by atoms with Crippen molar-refractivity contribution < 1.29 is 10.2 Å². The number of para-hydroxylation sites is 1. The molecule has 0 unspecified atom stereocenters. The summed E-state index contributed by atoms with van der Waals surface area (Å²) in [5.41, 5.74) is 0.854. The fourth-order valence-electron chi connectivity index (χ4n) is 1.42. The Morgan fingerprint density at radius 2 is 1.93 bits per heavy atom. The van der Waals surface area contributed by atoms with E-state index in [9.17, 15) is 5.11 Å². The molecule has 0 aliphatic heterocycles. The Morgan fingerprint density at radius 1 is 1.29 bits per heavy atom. The first kappa shape index (κ1) is 11.0. The van der Waals surface area contributed by atoms with Crippen LogP contribution in [-0.4, -0.2) is 22.9 Å². The standard InChI is InChI=1S/C11H17NO2/c1-8(7-13)12-9(2)10-5-3-4-6-11(10)14/h3-6,8-9,12-14H,7H2,1-2H3/t8-,9+/m1/s1. The van der Waals surface area contributed by atoms with Crippen LogP contribution < -0.4 is 5.32 Å². The van der Waals surface area contributed by atoms with E-state index in [1.807, 2.05) is 26.0 Å². The topological polar surface area (TPSA) is 52.5 Å². The Hall–Kier alpha value is -1.06. The maximum Gasteiger partial charge on any atom is 0.120 e. The lowest BCUT2D eigenvalue weighted by Gasteiger charge is -2.19. The van der Waals surface area contributed by atoms with Crippen molar-refractivity contribution >= 4 is 0 Å². The summed E-state index contributed by atoms with van der Waals surface area (Å²) in [7, 11) is 0. The third kappa shape index (κ3) is 2.72. The summed E-state index contributed by atoms with van der Waals surface area (Å²) < 4.78 is 0. The van der Waals surface area contributed by atoms with E-state index in [0.717, 1.165) is 5.56 Å². The Labute approximate surface area is 84.4 Å². The molecular weight excluding hydrogens is 178 g/mol. The molecule has 2 atom stereocenters. The lowest BCUT2D eigenvalue weighted by Crippen LogP contribution is -2.31. The number of hydrogen-bond donors (Lipinski definition) is 3. The molecule has 0 bridgehead atoms. The van der Waals surface area contributed by atoms with E-state index >= 15 is 0 Å². The first-order chi connectivity index (χ1) is 6.65. The van der Waals surface area contributed by atoms with Crippen LogP contribution in [0.2, 0.25) is 0 Å². The molecule has 3 nitrogen and oxygen atoms in total. The van der Waals surface area contributed by atoms with Crippen LogP contribution in [0.5, 0.6) is 5.75 Å². The molecule has 0 saturated carbocycles. The van der Waals surface area contributed by atoms with Crippen LogP contribution >= 0.6 is 0 Å². The van der Waals surface area contributed by atoms with Gasteiger partial charge in [0.2, 0.25) is 0 Å². The molecule has 3 N–H and O–H groups in total. The average molecular weight is 195 g/mol. The van der Waals surface area contributed by atoms with Gasteiger partial charge in [-0.2, -0.15) is 0 Å². The maximum absolute atomic E-state index is 9.56. The van der Waals surface area contributed by atoms with Gasteiger partial charge in [-0.25, -0.2) is 0 Å². The number of nitrogens with one attached hydrogen (secondary N) is 1. The maximum atomic E-state index is 9.56. The van der Waals surface area contributed by atoms with Gasteiger partial charge < -0.3 is 15.5 Å². The predicted octanol–water partition coefficient (Wildman–Crippen LogP) is 1.42. The number of phenolic OH excluding ortho intramolecular Hbond substituents is 1. The molecule has 3 heteroatoms. The Bertz CT molecular complexity index is 288. The highest BCUT2D eigenvalue weighted by molar-refractivity contribution is 5.34. The summed E-state index contributed by atoms with van der Waals surface area (Å²) in [5, 5.41) is 21.6. The Kier molecular flexibility index (Phi) is 3.92. The van der Waals surface area contributed by atoms with Crippen molar-refractivity contribution in [3.63, 3.8) is 0 Å². The van der Waals surface area contributed by atoms with Crippen LogP contribution in [0.25, 0.3) is 0 Å². The second-order valence-electron chi connectivity index (χ2n) is 3.53. The molecule has 1 aromatic carbocycles. The van der Waals surface area contributed by atoms with Crippen molar-refractivity contribution in [1.29, 1.82) is 0 Å². The monoisotopic (exact) mass is 195 g/mol. The zero-order chi connectivity index (χ0) is 10.6. The molecule has 0 aromatic heterocycles. The molecule has 14 heavy (non-hydrogen) atoms. The van der Waals surface area contributed by atoms with Crippen molar-refractivity contribution in [1.82, 2.24) is 5.32 Å². The second-order valence-corrected chi connectivity index (χ2v) is 3.53. The molecule has 0 aliphatic rings. The first-order valence-electron chi connectivity index (χ1n) is 4.80. The van der Waals surface area contributed by atoms with Crippen molar-refractivity contribution in [2.45, 2.75) is 25.9 Å². The van der Waals surface area contributed by atoms with Gasteiger partial charge in [-0.05, 0) is 19.9 Å². The number of benzene rings is 1. The number of aromatic hydroxyl groups is 1. The van der Waals surface area contributed by atoms with Crippen molar-refractivity contribution in [3.8, 4) is 5.75 Å². The van der Waals surface area contributed by atoms with Gasteiger partial charge in [0, 0.05) is 17.6 Å². The first-order valence-corrected chi connectivity index (χ1v) is 4.80. The molecule has 0 heterocycles. The van der Waals surface area contributed by atoms with Crippen LogP contribution in [0.3, 0.4) is 0 Å². The molecule has 0 amide bonds. The molecular formula is C11H17NO2. The van der Waals surface area contributed by atoms with Crippen LogP contribution in [0, 0.1) is 0 Å². The largest absolute Gasteiger partial charge is 0.508 e. The average Bonchev–Trinajstić information content (AvgIpc) is 2.18. The van der Waals surface area contributed by atoms with Gasteiger partial charge in [0.05, 0.1) is 6.61 Å². The van der Waals surface area contributed by atoms with Crippen LogP contribution in [0.4, 0.5) is 0 Å². The molecule has 0 spiro atoms. The molecule has 78 valence electrons. The number of phenols is 1. The lowest BCUT2D eigenvalue weighted by atomic mass is 10.1. The molecule has 0 saturated heterocycles. The van der Waals surface area contributed by atoms with Gasteiger partial charge in [-0.1, -0.05) is 18.2 Å². The number of aliphatic hydroxyl groups is 1. The van der Waals surface area contributed by atoms with E-state index in [1.54, 1.807) is 12.1 Å². The fourth-order valence-corrected chi connectivity index (χ4v) is 1.42. The quantitative estimate of drug-likeness (QED) is 0.681. The van der Waals surface area contributed by atoms with Crippen molar-refractivity contribution in [2.24, 2.45) is 0 Å². The SMILES string of the molecule is C[C@H](CO)N[C@@H](C)c1ccccc1O. The zero-order valence-corrected chi connectivity index (χ0v) is 8.57. The van der Waals surface area contributed by atoms with Crippen LogP contribution in [0.15, 0.2) is 24.3 Å².